The SMILES string of the molecule is CC1=NCC(CCc2ccc(Cl)nc2)N1. The van der Waals surface area contributed by atoms with Crippen LogP contribution < -0.4 is 5.32 Å². The van der Waals surface area contributed by atoms with Crippen LogP contribution in [0.15, 0.2) is 23.3 Å². The van der Waals surface area contributed by atoms with E-state index >= 15 is 0 Å². The second kappa shape index (κ2) is 4.62. The third-order valence-corrected chi connectivity index (χ3v) is 2.76. The first-order valence-corrected chi connectivity index (χ1v) is 5.50. The molecule has 1 unspecified atom stereocenters. The Morgan fingerprint density at radius 2 is 2.40 bits per heavy atom. The van der Waals surface area contributed by atoms with Crippen molar-refractivity contribution < 1.29 is 0 Å². The average Bonchev–Trinajstić information content (AvgIpc) is 2.64. The van der Waals surface area contributed by atoms with Gasteiger partial charge in [0.25, 0.3) is 0 Å². The van der Waals surface area contributed by atoms with Gasteiger partial charge in [0.1, 0.15) is 5.15 Å². The third kappa shape index (κ3) is 2.93. The van der Waals surface area contributed by atoms with Gasteiger partial charge in [-0.1, -0.05) is 17.7 Å². The number of nitrogens with one attached hydrogen (secondary N) is 1. The summed E-state index contributed by atoms with van der Waals surface area (Å²) in [5, 5.41) is 3.89. The average molecular weight is 224 g/mol. The molecule has 1 aliphatic heterocycles. The molecule has 0 bridgehead atoms. The molecule has 3 nitrogen and oxygen atoms in total. The van der Waals surface area contributed by atoms with Crippen LogP contribution in [0, 0.1) is 0 Å². The summed E-state index contributed by atoms with van der Waals surface area (Å²) in [4.78, 5) is 8.37. The zero-order valence-electron chi connectivity index (χ0n) is 8.70. The highest BCUT2D eigenvalue weighted by Crippen LogP contribution is 2.10. The molecule has 4 heteroatoms. The van der Waals surface area contributed by atoms with E-state index in [0.29, 0.717) is 11.2 Å². The fourth-order valence-electron chi connectivity index (χ4n) is 1.69. The van der Waals surface area contributed by atoms with Crippen LogP contribution >= 0.6 is 11.6 Å². The van der Waals surface area contributed by atoms with Crippen molar-refractivity contribution in [3.63, 3.8) is 0 Å². The Labute approximate surface area is 94.6 Å². The topological polar surface area (TPSA) is 37.3 Å². The van der Waals surface area contributed by atoms with E-state index in [2.05, 4.69) is 15.3 Å². The van der Waals surface area contributed by atoms with Crippen molar-refractivity contribution in [2.24, 2.45) is 4.99 Å². The van der Waals surface area contributed by atoms with Crippen LogP contribution in [0.5, 0.6) is 0 Å². The van der Waals surface area contributed by atoms with Crippen LogP contribution in [0.2, 0.25) is 5.15 Å². The lowest BCUT2D eigenvalue weighted by Gasteiger charge is -2.10. The van der Waals surface area contributed by atoms with E-state index in [1.165, 1.54) is 5.56 Å². The summed E-state index contributed by atoms with van der Waals surface area (Å²) in [6.07, 6.45) is 3.94. The molecular formula is C11H14ClN3. The predicted molar refractivity (Wildman–Crippen MR) is 62.5 cm³/mol. The van der Waals surface area contributed by atoms with E-state index in [1.54, 1.807) is 0 Å². The minimum absolute atomic E-state index is 0.487. The van der Waals surface area contributed by atoms with Crippen LogP contribution in [0.1, 0.15) is 18.9 Å². The Morgan fingerprint density at radius 1 is 1.53 bits per heavy atom. The molecule has 2 rings (SSSR count). The first-order valence-electron chi connectivity index (χ1n) is 5.12. The quantitative estimate of drug-likeness (QED) is 0.797. The molecule has 15 heavy (non-hydrogen) atoms. The highest BCUT2D eigenvalue weighted by molar-refractivity contribution is 6.29. The monoisotopic (exact) mass is 223 g/mol. The molecule has 0 aliphatic carbocycles. The van der Waals surface area contributed by atoms with E-state index in [0.717, 1.165) is 25.2 Å². The fourth-order valence-corrected chi connectivity index (χ4v) is 1.80. The first kappa shape index (κ1) is 10.4. The lowest BCUT2D eigenvalue weighted by molar-refractivity contribution is 0.600. The van der Waals surface area contributed by atoms with Gasteiger partial charge in [-0.05, 0) is 31.4 Å². The Hall–Kier alpha value is -1.09. The molecular weight excluding hydrogens is 210 g/mol. The van der Waals surface area contributed by atoms with E-state index in [9.17, 15) is 0 Å². The van der Waals surface area contributed by atoms with E-state index in [-0.39, 0.29) is 0 Å². The summed E-state index contributed by atoms with van der Waals surface area (Å²) in [5.74, 6) is 1.05. The Bertz CT molecular complexity index is 359. The number of amidine groups is 1. The first-order chi connectivity index (χ1) is 7.24. The Morgan fingerprint density at radius 3 is 3.00 bits per heavy atom. The summed E-state index contributed by atoms with van der Waals surface area (Å²) in [5.41, 5.74) is 1.23. The molecule has 1 atom stereocenters. The number of aryl methyl sites for hydroxylation is 1. The lowest BCUT2D eigenvalue weighted by Crippen LogP contribution is -2.28. The molecule has 1 aromatic rings. The minimum Gasteiger partial charge on any atom is -0.369 e. The van der Waals surface area contributed by atoms with Crippen molar-refractivity contribution in [1.29, 1.82) is 0 Å². The van der Waals surface area contributed by atoms with Crippen LogP contribution in [0.3, 0.4) is 0 Å². The summed E-state index contributed by atoms with van der Waals surface area (Å²) in [6, 6.07) is 4.35. The van der Waals surface area contributed by atoms with Crippen molar-refractivity contribution in [3.05, 3.63) is 29.0 Å². The van der Waals surface area contributed by atoms with Crippen LogP contribution in [0.25, 0.3) is 0 Å². The summed E-state index contributed by atoms with van der Waals surface area (Å²) < 4.78 is 0. The van der Waals surface area contributed by atoms with Gasteiger partial charge in [0.15, 0.2) is 0 Å². The molecule has 0 fully saturated rings. The van der Waals surface area contributed by atoms with E-state index < -0.39 is 0 Å². The number of hydrogen-bond donors (Lipinski definition) is 1. The van der Waals surface area contributed by atoms with Gasteiger partial charge in [0, 0.05) is 12.2 Å². The molecule has 0 saturated carbocycles. The Balaban J connectivity index is 1.81. The van der Waals surface area contributed by atoms with Crippen LogP contribution in [0.4, 0.5) is 0 Å². The zero-order chi connectivity index (χ0) is 10.7. The Kier molecular flexibility index (Phi) is 3.21. The van der Waals surface area contributed by atoms with Crippen molar-refractivity contribution in [2.45, 2.75) is 25.8 Å². The van der Waals surface area contributed by atoms with Crippen LogP contribution in [-0.2, 0) is 6.42 Å². The van der Waals surface area contributed by atoms with Crippen molar-refractivity contribution in [2.75, 3.05) is 6.54 Å². The van der Waals surface area contributed by atoms with E-state index in [1.807, 2.05) is 25.3 Å². The van der Waals surface area contributed by atoms with Gasteiger partial charge in [0.05, 0.1) is 12.4 Å². The minimum atomic E-state index is 0.487. The smallest absolute Gasteiger partial charge is 0.129 e. The predicted octanol–water partition coefficient (Wildman–Crippen LogP) is 2.06. The van der Waals surface area contributed by atoms with Gasteiger partial charge in [0.2, 0.25) is 0 Å². The second-order valence-corrected chi connectivity index (χ2v) is 4.18. The maximum atomic E-state index is 5.72. The number of nitrogens with zero attached hydrogens (tertiary/aromatic N) is 2. The highest BCUT2D eigenvalue weighted by atomic mass is 35.5. The van der Waals surface area contributed by atoms with Gasteiger partial charge in [-0.15, -0.1) is 0 Å². The van der Waals surface area contributed by atoms with Crippen molar-refractivity contribution in [1.82, 2.24) is 10.3 Å². The second-order valence-electron chi connectivity index (χ2n) is 3.80. The molecule has 2 heterocycles. The molecule has 80 valence electrons. The molecule has 0 aromatic carbocycles. The molecule has 1 aliphatic rings. The largest absolute Gasteiger partial charge is 0.369 e. The van der Waals surface area contributed by atoms with Crippen LogP contribution in [-0.4, -0.2) is 23.4 Å². The third-order valence-electron chi connectivity index (χ3n) is 2.53. The van der Waals surface area contributed by atoms with Gasteiger partial charge in [-0.2, -0.15) is 0 Å². The summed E-state index contributed by atoms with van der Waals surface area (Å²) in [7, 11) is 0. The molecule has 0 amide bonds. The number of aliphatic imine (C=N–C) groups is 1. The van der Waals surface area contributed by atoms with E-state index in [4.69, 9.17) is 11.6 Å². The number of rotatable bonds is 3. The zero-order valence-corrected chi connectivity index (χ0v) is 9.46. The molecule has 0 spiro atoms. The lowest BCUT2D eigenvalue weighted by atomic mass is 10.1. The van der Waals surface area contributed by atoms with Gasteiger partial charge in [-0.3, -0.25) is 4.99 Å². The number of aromatic nitrogens is 1. The number of halogens is 1. The normalized spacial score (nSPS) is 19.9. The van der Waals surface area contributed by atoms with Crippen molar-refractivity contribution >= 4 is 17.4 Å². The number of hydrogen-bond acceptors (Lipinski definition) is 3. The van der Waals surface area contributed by atoms with Crippen molar-refractivity contribution in [3.8, 4) is 0 Å². The summed E-state index contributed by atoms with van der Waals surface area (Å²) in [6.45, 7) is 2.90. The molecule has 0 saturated heterocycles. The molecule has 1 N–H and O–H groups in total. The molecule has 0 radical (unpaired) electrons. The van der Waals surface area contributed by atoms with Gasteiger partial charge >= 0.3 is 0 Å². The highest BCUT2D eigenvalue weighted by Gasteiger charge is 2.13. The fraction of sp³-hybridized carbons (Fsp3) is 0.455. The standard InChI is InChI=1S/C11H14ClN3/c1-8-13-7-10(15-8)4-2-9-3-5-11(12)14-6-9/h3,5-6,10H,2,4,7H2,1H3,(H,13,15). The summed E-state index contributed by atoms with van der Waals surface area (Å²) >= 11 is 5.72. The van der Waals surface area contributed by atoms with Gasteiger partial charge < -0.3 is 5.32 Å². The van der Waals surface area contributed by atoms with Gasteiger partial charge in [-0.25, -0.2) is 4.98 Å². The maximum absolute atomic E-state index is 5.72. The number of pyridine rings is 1. The maximum Gasteiger partial charge on any atom is 0.129 e. The molecule has 1 aromatic heterocycles.